The normalized spacial score (nSPS) is 15.5. The molecule has 3 aromatic heterocycles. The fraction of sp³-hybridized carbons (Fsp3) is 0.400. The van der Waals surface area contributed by atoms with Crippen LogP contribution in [-0.2, 0) is 0 Å². The molecule has 4 heterocycles. The maximum Gasteiger partial charge on any atom is 0.261 e. The molecular weight excluding hydrogens is 416 g/mol. The zero-order chi connectivity index (χ0) is 23.1. The van der Waals surface area contributed by atoms with Crippen LogP contribution in [0.5, 0.6) is 5.75 Å². The molecule has 0 atom stereocenters. The lowest BCUT2D eigenvalue weighted by atomic mass is 9.88. The number of likely N-dealkylation sites (tertiary alicyclic amines) is 1. The summed E-state index contributed by atoms with van der Waals surface area (Å²) in [4.78, 5) is 29.2. The fourth-order valence-corrected chi connectivity index (χ4v) is 4.66. The highest BCUT2D eigenvalue weighted by atomic mass is 16.5. The molecule has 8 nitrogen and oxygen atoms in total. The second-order valence-corrected chi connectivity index (χ2v) is 9.34. The maximum atomic E-state index is 12.8. The van der Waals surface area contributed by atoms with Crippen LogP contribution in [0.4, 0.5) is 0 Å². The Morgan fingerprint density at radius 1 is 1.24 bits per heavy atom. The van der Waals surface area contributed by atoms with Crippen LogP contribution in [0.2, 0.25) is 0 Å². The van der Waals surface area contributed by atoms with Gasteiger partial charge in [0.25, 0.3) is 5.56 Å². The lowest BCUT2D eigenvalue weighted by molar-refractivity contribution is 0.243. The predicted octanol–water partition coefficient (Wildman–Crippen LogP) is 4.12. The van der Waals surface area contributed by atoms with E-state index in [0.717, 1.165) is 42.7 Å². The maximum absolute atomic E-state index is 12.8. The number of hydrogen-bond acceptors (Lipinski definition) is 5. The van der Waals surface area contributed by atoms with Crippen molar-refractivity contribution < 1.29 is 4.74 Å². The van der Waals surface area contributed by atoms with Crippen molar-refractivity contribution in [2.24, 2.45) is 5.92 Å². The first-order valence-electron chi connectivity index (χ1n) is 11.4. The van der Waals surface area contributed by atoms with Crippen LogP contribution >= 0.6 is 0 Å². The lowest BCUT2D eigenvalue weighted by Gasteiger charge is -2.30. The number of hydrogen-bond donors (Lipinski definition) is 3. The van der Waals surface area contributed by atoms with Crippen molar-refractivity contribution in [3.05, 3.63) is 46.0 Å². The molecule has 1 aromatic carbocycles. The summed E-state index contributed by atoms with van der Waals surface area (Å²) in [5.74, 6) is 2.06. The highest BCUT2D eigenvalue weighted by Crippen LogP contribution is 2.39. The van der Waals surface area contributed by atoms with Crippen LogP contribution in [0.1, 0.15) is 43.7 Å². The van der Waals surface area contributed by atoms with E-state index in [1.807, 2.05) is 6.07 Å². The Labute approximate surface area is 191 Å². The van der Waals surface area contributed by atoms with Gasteiger partial charge in [0.05, 0.1) is 23.2 Å². The van der Waals surface area contributed by atoms with Gasteiger partial charge in [-0.15, -0.1) is 0 Å². The third kappa shape index (κ3) is 3.79. The molecule has 0 radical (unpaired) electrons. The van der Waals surface area contributed by atoms with Crippen molar-refractivity contribution in [1.82, 2.24) is 24.8 Å². The van der Waals surface area contributed by atoms with Gasteiger partial charge in [0.15, 0.2) is 5.75 Å². The van der Waals surface area contributed by atoms with Crippen LogP contribution in [0.25, 0.3) is 33.3 Å². The van der Waals surface area contributed by atoms with E-state index in [9.17, 15) is 10.1 Å². The number of nitrogens with zero attached hydrogens (tertiary/aromatic N) is 3. The molecule has 0 saturated carbocycles. The van der Waals surface area contributed by atoms with Crippen LogP contribution in [0, 0.1) is 17.2 Å². The molecule has 3 N–H and O–H groups in total. The van der Waals surface area contributed by atoms with Crippen molar-refractivity contribution in [1.29, 1.82) is 5.26 Å². The first-order chi connectivity index (χ1) is 16.0. The Morgan fingerprint density at radius 2 is 2.03 bits per heavy atom. The van der Waals surface area contributed by atoms with Crippen LogP contribution in [0.3, 0.4) is 0 Å². The SMILES string of the molecule is CC(C)COc1c(C2CCN(C)CC2)ccc2[nH]c(-c3c(=O)[nH]cc4c(C#N)c[nH]c34)nc12. The standard InChI is InChI=1S/C25H28N6O2/c1-14(2)13-33-23-17(15-6-8-31(3)9-7-15)4-5-19-22(23)30-24(29-19)20-21-18(12-28-25(20)32)16(10-26)11-27-21/h4-5,11-12,14-15,27H,6-9,13H2,1-3H3,(H,28,32)(H,29,30). The summed E-state index contributed by atoms with van der Waals surface area (Å²) in [6.45, 7) is 6.97. The van der Waals surface area contributed by atoms with Crippen LogP contribution in [-0.4, -0.2) is 51.6 Å². The summed E-state index contributed by atoms with van der Waals surface area (Å²) >= 11 is 0. The topological polar surface area (TPSA) is 114 Å². The first-order valence-corrected chi connectivity index (χ1v) is 11.4. The number of pyridine rings is 1. The number of nitriles is 1. The molecule has 0 aliphatic carbocycles. The molecule has 1 aliphatic heterocycles. The first kappa shape index (κ1) is 21.3. The Hall–Kier alpha value is -3.57. The van der Waals surface area contributed by atoms with Gasteiger partial charge in [-0.05, 0) is 56.4 Å². The summed E-state index contributed by atoms with van der Waals surface area (Å²) in [6.07, 6.45) is 5.33. The largest absolute Gasteiger partial charge is 0.491 e. The molecule has 33 heavy (non-hydrogen) atoms. The van der Waals surface area contributed by atoms with E-state index in [2.05, 4.69) is 52.9 Å². The van der Waals surface area contributed by atoms with Gasteiger partial charge >= 0.3 is 0 Å². The summed E-state index contributed by atoms with van der Waals surface area (Å²) in [7, 11) is 2.16. The number of aromatic amines is 3. The monoisotopic (exact) mass is 444 g/mol. The quantitative estimate of drug-likeness (QED) is 0.429. The van der Waals surface area contributed by atoms with Gasteiger partial charge in [-0.25, -0.2) is 4.98 Å². The number of H-pyrrole nitrogens is 3. The van der Waals surface area contributed by atoms with E-state index in [-0.39, 0.29) is 5.56 Å². The highest BCUT2D eigenvalue weighted by molar-refractivity contribution is 5.97. The van der Waals surface area contributed by atoms with Crippen molar-refractivity contribution in [2.45, 2.75) is 32.6 Å². The van der Waals surface area contributed by atoms with Gasteiger partial charge in [-0.2, -0.15) is 5.26 Å². The molecule has 0 amide bonds. The Bertz CT molecular complexity index is 1410. The van der Waals surface area contributed by atoms with Gasteiger partial charge in [-0.1, -0.05) is 19.9 Å². The minimum absolute atomic E-state index is 0.270. The number of imidazole rings is 1. The minimum Gasteiger partial charge on any atom is -0.491 e. The number of nitrogens with one attached hydrogen (secondary N) is 3. The molecular formula is C25H28N6O2. The van der Waals surface area contributed by atoms with Gasteiger partial charge in [-0.3, -0.25) is 4.79 Å². The number of fused-ring (bicyclic) bond motifs is 2. The Kier molecular flexibility index (Phi) is 5.43. The van der Waals surface area contributed by atoms with Crippen molar-refractivity contribution >= 4 is 21.9 Å². The molecule has 5 rings (SSSR count). The van der Waals surface area contributed by atoms with E-state index in [1.165, 1.54) is 5.56 Å². The summed E-state index contributed by atoms with van der Waals surface area (Å²) in [5, 5.41) is 10.0. The van der Waals surface area contributed by atoms with Crippen molar-refractivity contribution in [3.8, 4) is 23.2 Å². The summed E-state index contributed by atoms with van der Waals surface area (Å²) in [5.41, 5.74) is 3.94. The second-order valence-electron chi connectivity index (χ2n) is 9.34. The summed E-state index contributed by atoms with van der Waals surface area (Å²) in [6, 6.07) is 6.33. The molecule has 0 spiro atoms. The fourth-order valence-electron chi connectivity index (χ4n) is 4.66. The molecule has 0 bridgehead atoms. The molecule has 0 unspecified atom stereocenters. The number of piperidine rings is 1. The third-order valence-corrected chi connectivity index (χ3v) is 6.46. The molecule has 170 valence electrons. The molecule has 4 aromatic rings. The average Bonchev–Trinajstić information content (AvgIpc) is 3.41. The molecule has 1 aliphatic rings. The Morgan fingerprint density at radius 3 is 2.76 bits per heavy atom. The zero-order valence-electron chi connectivity index (χ0n) is 19.2. The highest BCUT2D eigenvalue weighted by Gasteiger charge is 2.25. The van der Waals surface area contributed by atoms with Gasteiger partial charge in [0, 0.05) is 17.8 Å². The predicted molar refractivity (Wildman–Crippen MR) is 129 cm³/mol. The van der Waals surface area contributed by atoms with Gasteiger partial charge < -0.3 is 24.6 Å². The third-order valence-electron chi connectivity index (χ3n) is 6.46. The van der Waals surface area contributed by atoms with Crippen LogP contribution < -0.4 is 10.3 Å². The average molecular weight is 445 g/mol. The molecule has 1 saturated heterocycles. The van der Waals surface area contributed by atoms with E-state index in [0.29, 0.717) is 46.3 Å². The van der Waals surface area contributed by atoms with E-state index < -0.39 is 0 Å². The Balaban J connectivity index is 1.66. The number of aromatic nitrogens is 4. The van der Waals surface area contributed by atoms with Crippen molar-refractivity contribution in [3.63, 3.8) is 0 Å². The molecule has 1 fully saturated rings. The number of rotatable bonds is 5. The number of benzene rings is 1. The lowest BCUT2D eigenvalue weighted by Crippen LogP contribution is -2.29. The molecule has 8 heteroatoms. The van der Waals surface area contributed by atoms with E-state index >= 15 is 0 Å². The van der Waals surface area contributed by atoms with Gasteiger partial charge in [0.1, 0.15) is 23.0 Å². The van der Waals surface area contributed by atoms with E-state index in [4.69, 9.17) is 9.72 Å². The van der Waals surface area contributed by atoms with E-state index in [1.54, 1.807) is 12.4 Å². The number of ether oxygens (including phenoxy) is 1. The second kappa shape index (κ2) is 8.41. The summed E-state index contributed by atoms with van der Waals surface area (Å²) < 4.78 is 6.35. The van der Waals surface area contributed by atoms with Gasteiger partial charge in [0.2, 0.25) is 0 Å². The van der Waals surface area contributed by atoms with Crippen molar-refractivity contribution in [2.75, 3.05) is 26.7 Å². The smallest absolute Gasteiger partial charge is 0.261 e. The zero-order valence-corrected chi connectivity index (χ0v) is 19.2. The minimum atomic E-state index is -0.270. The van der Waals surface area contributed by atoms with Crippen LogP contribution in [0.15, 0.2) is 29.3 Å².